The monoisotopic (exact) mass is 674 g/mol. The molecule has 50 heavy (non-hydrogen) atoms. The minimum Gasteiger partial charge on any atom is -0.469 e. The second-order valence-electron chi connectivity index (χ2n) is 15.9. The van der Waals surface area contributed by atoms with E-state index in [0.717, 1.165) is 68.5 Å². The maximum absolute atomic E-state index is 14.3. The molecule has 10 rings (SSSR count). The van der Waals surface area contributed by atoms with Crippen LogP contribution in [0, 0.1) is 23.7 Å². The highest BCUT2D eigenvalue weighted by Gasteiger charge is 2.63. The summed E-state index contributed by atoms with van der Waals surface area (Å²) in [5, 5.41) is 2.44. The van der Waals surface area contributed by atoms with Crippen LogP contribution in [0.5, 0.6) is 0 Å². The molecule has 8 nitrogen and oxygen atoms in total. The molecule has 4 aromatic rings. The summed E-state index contributed by atoms with van der Waals surface area (Å²) in [4.78, 5) is 41.0. The van der Waals surface area contributed by atoms with E-state index >= 15 is 0 Å². The number of esters is 2. The lowest BCUT2D eigenvalue weighted by Gasteiger charge is -2.57. The Morgan fingerprint density at radius 3 is 2.62 bits per heavy atom. The van der Waals surface area contributed by atoms with E-state index in [2.05, 4.69) is 89.2 Å². The lowest BCUT2D eigenvalue weighted by Crippen LogP contribution is -2.67. The molecular formula is C42H50N4O4. The van der Waals surface area contributed by atoms with Crippen molar-refractivity contribution in [1.82, 2.24) is 19.8 Å². The Labute approximate surface area is 294 Å². The molecule has 0 spiro atoms. The first-order chi connectivity index (χ1) is 24.3. The van der Waals surface area contributed by atoms with Crippen LogP contribution in [0.1, 0.15) is 73.5 Å². The number of aromatic nitrogens is 2. The molecule has 2 aromatic carbocycles. The first kappa shape index (κ1) is 32.1. The molecule has 9 atom stereocenters. The van der Waals surface area contributed by atoms with Gasteiger partial charge in [-0.15, -0.1) is 0 Å². The minimum atomic E-state index is -0.707. The second-order valence-corrected chi connectivity index (χ2v) is 15.9. The molecule has 2 N–H and O–H groups in total. The predicted octanol–water partition coefficient (Wildman–Crippen LogP) is 6.48. The van der Waals surface area contributed by atoms with Crippen LogP contribution in [-0.4, -0.2) is 84.7 Å². The van der Waals surface area contributed by atoms with E-state index in [1.165, 1.54) is 52.3 Å². The van der Waals surface area contributed by atoms with Gasteiger partial charge in [0, 0.05) is 70.8 Å². The second kappa shape index (κ2) is 11.8. The van der Waals surface area contributed by atoms with Crippen LogP contribution in [0.4, 0.5) is 0 Å². The lowest BCUT2D eigenvalue weighted by atomic mass is 9.56. The molecular weight excluding hydrogens is 624 g/mol. The summed E-state index contributed by atoms with van der Waals surface area (Å²) in [5.74, 6) is 0.488. The number of nitrogens with zero attached hydrogens (tertiary/aromatic N) is 2. The first-order valence-electron chi connectivity index (χ1n) is 18.8. The van der Waals surface area contributed by atoms with Gasteiger partial charge in [0.1, 0.15) is 5.41 Å². The minimum absolute atomic E-state index is 0.00312. The van der Waals surface area contributed by atoms with Gasteiger partial charge in [0.25, 0.3) is 0 Å². The number of likely N-dealkylation sites (N-methyl/N-ethyl adjacent to an activating group) is 1. The molecule has 4 fully saturated rings. The number of carbonyl (C=O) groups is 2. The highest BCUT2D eigenvalue weighted by Crippen LogP contribution is 2.56. The Bertz CT molecular complexity index is 2040. The number of carbonyl (C=O) groups excluding carboxylic acids is 2. The van der Waals surface area contributed by atoms with Crippen molar-refractivity contribution >= 4 is 33.7 Å². The summed E-state index contributed by atoms with van der Waals surface area (Å²) in [7, 11) is 5.26. The lowest BCUT2D eigenvalue weighted by molar-refractivity contribution is -0.162. The zero-order chi connectivity index (χ0) is 34.5. The SMILES string of the molecule is C/C=C1/CN(C)[C@H]2Cc3c([nH]c4ccccc34)[C@@H](c3cccc4c5c([nH]c34)[C@]3(C(=O)OC)C[C@H]4C[C@H](CC)[C@@H]3N(CC5)C4)C[C@@H]1[C@@H]2C(=O)OC. The highest BCUT2D eigenvalue weighted by atomic mass is 16.5. The third-order valence-electron chi connectivity index (χ3n) is 13.9. The summed E-state index contributed by atoms with van der Waals surface area (Å²) in [6.45, 7) is 7.27. The Morgan fingerprint density at radius 2 is 1.84 bits per heavy atom. The van der Waals surface area contributed by atoms with Crippen molar-refractivity contribution in [1.29, 1.82) is 0 Å². The van der Waals surface area contributed by atoms with Crippen molar-refractivity contribution in [3.63, 3.8) is 0 Å². The highest BCUT2D eigenvalue weighted by molar-refractivity contribution is 5.94. The number of fused-ring (bicyclic) bond motifs is 9. The van der Waals surface area contributed by atoms with Gasteiger partial charge in [-0.25, -0.2) is 0 Å². The summed E-state index contributed by atoms with van der Waals surface area (Å²) in [6.07, 6.45) is 7.77. The van der Waals surface area contributed by atoms with E-state index in [9.17, 15) is 9.59 Å². The van der Waals surface area contributed by atoms with Gasteiger partial charge >= 0.3 is 11.9 Å². The summed E-state index contributed by atoms with van der Waals surface area (Å²) >= 11 is 0. The van der Waals surface area contributed by atoms with E-state index in [4.69, 9.17) is 9.47 Å². The maximum Gasteiger partial charge on any atom is 0.319 e. The smallest absolute Gasteiger partial charge is 0.319 e. The number of likely N-dealkylation sites (tertiary alicyclic amines) is 1. The number of para-hydroxylation sites is 2. The van der Waals surface area contributed by atoms with E-state index in [1.54, 1.807) is 7.11 Å². The van der Waals surface area contributed by atoms with E-state index in [0.29, 0.717) is 11.8 Å². The molecule has 1 unspecified atom stereocenters. The van der Waals surface area contributed by atoms with Crippen LogP contribution in [0.25, 0.3) is 21.8 Å². The fourth-order valence-corrected chi connectivity index (χ4v) is 11.9. The van der Waals surface area contributed by atoms with Gasteiger partial charge in [0.15, 0.2) is 0 Å². The van der Waals surface area contributed by atoms with Crippen molar-refractivity contribution in [2.45, 2.75) is 75.8 Å². The fourth-order valence-electron chi connectivity index (χ4n) is 11.9. The van der Waals surface area contributed by atoms with Gasteiger partial charge in [-0.05, 0) is 86.6 Å². The molecule has 6 heterocycles. The van der Waals surface area contributed by atoms with Crippen molar-refractivity contribution in [2.24, 2.45) is 23.7 Å². The molecule has 6 bridgehead atoms. The molecule has 0 amide bonds. The topological polar surface area (TPSA) is 90.7 Å². The number of hydrogen-bond donors (Lipinski definition) is 2. The fraction of sp³-hybridized carbons (Fsp3) is 0.524. The van der Waals surface area contributed by atoms with Crippen LogP contribution < -0.4 is 0 Å². The summed E-state index contributed by atoms with van der Waals surface area (Å²) < 4.78 is 11.3. The standard InChI is InChI=1S/C42H50N4O4/c1-6-24-17-23-20-42(41(48)50-5)38-29(15-16-46(21-23)39(24)42)27-12-10-13-28(36(27)44-38)31-18-30-25(7-2)22-45(3)34(35(30)40(47)49-4)19-32-26-11-8-9-14-33(26)43-37(31)32/h7-14,23-24,30-31,34-35,39,43-44H,6,15-22H2,1-5H3/b25-7-/t23-,24+,30+,31-,34+,35+,39+,42-/m1/s1. The Morgan fingerprint density at radius 1 is 1.02 bits per heavy atom. The number of H-pyrrole nitrogens is 2. The molecule has 262 valence electrons. The number of ether oxygens (including phenoxy) is 2. The first-order valence-corrected chi connectivity index (χ1v) is 18.8. The Hall–Kier alpha value is -3.88. The molecule has 0 radical (unpaired) electrons. The zero-order valence-corrected chi connectivity index (χ0v) is 30.1. The molecule has 2 aliphatic carbocycles. The third kappa shape index (κ3) is 4.36. The van der Waals surface area contributed by atoms with Gasteiger partial charge in [0.05, 0.1) is 20.1 Å². The number of nitrogens with one attached hydrogen (secondary N) is 2. The number of rotatable bonds is 4. The molecule has 2 aromatic heterocycles. The number of hydrogen-bond acceptors (Lipinski definition) is 6. The van der Waals surface area contributed by atoms with E-state index in [-0.39, 0.29) is 41.8 Å². The molecule has 6 aliphatic rings. The maximum atomic E-state index is 14.3. The predicted molar refractivity (Wildman–Crippen MR) is 195 cm³/mol. The van der Waals surface area contributed by atoms with Crippen LogP contribution >= 0.6 is 0 Å². The number of allylic oxidation sites excluding steroid dienone is 1. The molecule has 1 saturated carbocycles. The largest absolute Gasteiger partial charge is 0.469 e. The number of methoxy groups -OCH3 is 2. The van der Waals surface area contributed by atoms with Crippen LogP contribution in [0.15, 0.2) is 54.1 Å². The summed E-state index contributed by atoms with van der Waals surface area (Å²) in [5.41, 5.74) is 8.97. The molecule has 3 saturated heterocycles. The number of aromatic amines is 2. The van der Waals surface area contributed by atoms with Gasteiger partial charge in [-0.1, -0.05) is 61.4 Å². The summed E-state index contributed by atoms with van der Waals surface area (Å²) in [6, 6.07) is 15.5. The van der Waals surface area contributed by atoms with Crippen molar-refractivity contribution in [3.05, 3.63) is 82.2 Å². The number of benzene rings is 2. The van der Waals surface area contributed by atoms with Crippen molar-refractivity contribution < 1.29 is 19.1 Å². The number of piperidine rings is 3. The van der Waals surface area contributed by atoms with E-state index in [1.807, 2.05) is 0 Å². The molecule has 4 aliphatic heterocycles. The third-order valence-corrected chi connectivity index (χ3v) is 13.9. The van der Waals surface area contributed by atoms with Crippen LogP contribution in [0.2, 0.25) is 0 Å². The van der Waals surface area contributed by atoms with Gasteiger partial charge < -0.3 is 19.4 Å². The average Bonchev–Trinajstić information content (AvgIpc) is 3.67. The average molecular weight is 675 g/mol. The van der Waals surface area contributed by atoms with E-state index < -0.39 is 5.41 Å². The normalized spacial score (nSPS) is 34.1. The van der Waals surface area contributed by atoms with Crippen LogP contribution in [0.3, 0.4) is 0 Å². The van der Waals surface area contributed by atoms with Crippen LogP contribution in [-0.2, 0) is 37.3 Å². The van der Waals surface area contributed by atoms with Gasteiger partial charge in [0.2, 0.25) is 0 Å². The van der Waals surface area contributed by atoms with Gasteiger partial charge in [-0.3, -0.25) is 19.4 Å². The quantitative estimate of drug-likeness (QED) is 0.190. The zero-order valence-electron chi connectivity index (χ0n) is 30.1. The Kier molecular flexibility index (Phi) is 7.59. The van der Waals surface area contributed by atoms with Crippen molar-refractivity contribution in [2.75, 3.05) is 40.9 Å². The molecule has 8 heteroatoms. The van der Waals surface area contributed by atoms with Gasteiger partial charge in [-0.2, -0.15) is 0 Å². The van der Waals surface area contributed by atoms with Crippen molar-refractivity contribution in [3.8, 4) is 0 Å². The Balaban J connectivity index is 1.28.